The molecule has 0 aliphatic heterocycles. The Morgan fingerprint density at radius 3 is 2.47 bits per heavy atom. The number of alkyl halides is 3. The minimum Gasteiger partial charge on any atom is -0.289 e. The average Bonchev–Trinajstić information content (AvgIpc) is 2.17. The lowest BCUT2D eigenvalue weighted by Crippen LogP contribution is -2.24. The van der Waals surface area contributed by atoms with Gasteiger partial charge in [-0.15, -0.1) is 11.8 Å². The van der Waals surface area contributed by atoms with E-state index in [1.165, 1.54) is 17.8 Å². The highest BCUT2D eigenvalue weighted by atomic mass is 32.2. The second-order valence-electron chi connectivity index (χ2n) is 2.91. The van der Waals surface area contributed by atoms with E-state index in [-0.39, 0.29) is 0 Å². The molecule has 5 heteroatoms. The van der Waals surface area contributed by atoms with Gasteiger partial charge in [-0.05, 0) is 17.9 Å². The monoisotopic (exact) mass is 234 g/mol. The van der Waals surface area contributed by atoms with Gasteiger partial charge in [-0.3, -0.25) is 4.79 Å². The number of hydrogen-bond donors (Lipinski definition) is 0. The van der Waals surface area contributed by atoms with Crippen molar-refractivity contribution < 1.29 is 18.0 Å². The molecule has 0 aliphatic carbocycles. The van der Waals surface area contributed by atoms with E-state index in [1.54, 1.807) is 24.5 Å². The Hall–Kier alpha value is -0.970. The van der Waals surface area contributed by atoms with Crippen LogP contribution in [0.3, 0.4) is 0 Å². The van der Waals surface area contributed by atoms with Crippen LogP contribution in [0.2, 0.25) is 0 Å². The van der Waals surface area contributed by atoms with Crippen molar-refractivity contribution >= 4 is 17.5 Å². The average molecular weight is 234 g/mol. The first-order valence-electron chi connectivity index (χ1n) is 4.17. The first kappa shape index (κ1) is 12.1. The summed E-state index contributed by atoms with van der Waals surface area (Å²) in [7, 11) is 0. The summed E-state index contributed by atoms with van der Waals surface area (Å²) in [5.74, 6) is -1.70. The Labute approximate surface area is 89.7 Å². The summed E-state index contributed by atoms with van der Waals surface area (Å²) >= 11 is 1.33. The van der Waals surface area contributed by atoms with Crippen LogP contribution in [-0.4, -0.2) is 18.2 Å². The molecule has 0 saturated heterocycles. The van der Waals surface area contributed by atoms with Gasteiger partial charge in [-0.2, -0.15) is 13.2 Å². The zero-order chi connectivity index (χ0) is 11.5. The van der Waals surface area contributed by atoms with Gasteiger partial charge in [0.05, 0.1) is 0 Å². The van der Waals surface area contributed by atoms with Crippen molar-refractivity contribution in [2.24, 2.45) is 0 Å². The number of ketones is 1. The number of carbonyl (C=O) groups excluding carboxylic acids is 1. The van der Waals surface area contributed by atoms with E-state index in [4.69, 9.17) is 0 Å². The lowest BCUT2D eigenvalue weighted by molar-refractivity contribution is -0.170. The molecule has 0 unspecified atom stereocenters. The fraction of sp³-hybridized carbons (Fsp3) is 0.300. The second-order valence-corrected chi connectivity index (χ2v) is 3.76. The maximum Gasteiger partial charge on any atom is 0.450 e. The van der Waals surface area contributed by atoms with Gasteiger partial charge in [0, 0.05) is 11.3 Å². The zero-order valence-corrected chi connectivity index (χ0v) is 8.78. The minimum atomic E-state index is -4.74. The largest absolute Gasteiger partial charge is 0.450 e. The predicted octanol–water partition coefficient (Wildman–Crippen LogP) is 3.08. The van der Waals surface area contributed by atoms with Gasteiger partial charge < -0.3 is 0 Å². The first-order chi connectivity index (χ1) is 6.95. The van der Waals surface area contributed by atoms with Gasteiger partial charge >= 0.3 is 6.18 Å². The van der Waals surface area contributed by atoms with Crippen LogP contribution in [0.15, 0.2) is 29.2 Å². The van der Waals surface area contributed by atoms with Crippen molar-refractivity contribution in [3.63, 3.8) is 0 Å². The molecule has 82 valence electrons. The molecule has 1 rings (SSSR count). The predicted molar refractivity (Wildman–Crippen MR) is 53.0 cm³/mol. The number of thioether (sulfide) groups is 1. The molecule has 0 saturated carbocycles. The van der Waals surface area contributed by atoms with Crippen LogP contribution in [0.5, 0.6) is 0 Å². The molecule has 0 N–H and O–H groups in total. The van der Waals surface area contributed by atoms with E-state index < -0.39 is 18.4 Å². The summed E-state index contributed by atoms with van der Waals surface area (Å²) < 4.78 is 36.0. The molecule has 0 amide bonds. The van der Waals surface area contributed by atoms with E-state index in [1.807, 2.05) is 0 Å². The van der Waals surface area contributed by atoms with Crippen LogP contribution in [0.25, 0.3) is 0 Å². The van der Waals surface area contributed by atoms with Crippen LogP contribution >= 0.6 is 11.8 Å². The Balaban J connectivity index is 2.85. The third-order valence-corrected chi connectivity index (χ3v) is 2.70. The van der Waals surface area contributed by atoms with Gasteiger partial charge in [0.25, 0.3) is 0 Å². The Kier molecular flexibility index (Phi) is 3.79. The molecule has 0 atom stereocenters. The van der Waals surface area contributed by atoms with E-state index in [0.717, 1.165) is 0 Å². The summed E-state index contributed by atoms with van der Waals surface area (Å²) in [6, 6.07) is 6.59. The highest BCUT2D eigenvalue weighted by Crippen LogP contribution is 2.24. The molecule has 0 spiro atoms. The number of rotatable bonds is 3. The maximum atomic E-state index is 12.0. The van der Waals surface area contributed by atoms with Crippen molar-refractivity contribution in [1.29, 1.82) is 0 Å². The summed E-state index contributed by atoms with van der Waals surface area (Å²) in [5.41, 5.74) is 0.423. The number of hydrogen-bond acceptors (Lipinski definition) is 2. The van der Waals surface area contributed by atoms with Crippen molar-refractivity contribution in [3.8, 4) is 0 Å². The first-order valence-corrected chi connectivity index (χ1v) is 5.39. The molecule has 0 bridgehead atoms. The molecular formula is C10H9F3OS. The lowest BCUT2D eigenvalue weighted by Gasteiger charge is -2.08. The molecule has 1 aromatic rings. The number of Topliss-reactive ketones (excluding diaryl/α,β-unsaturated/α-hetero) is 1. The van der Waals surface area contributed by atoms with Gasteiger partial charge in [-0.1, -0.05) is 18.2 Å². The van der Waals surface area contributed by atoms with E-state index >= 15 is 0 Å². The van der Waals surface area contributed by atoms with Crippen molar-refractivity contribution in [3.05, 3.63) is 29.8 Å². The van der Waals surface area contributed by atoms with E-state index in [2.05, 4.69) is 0 Å². The third kappa shape index (κ3) is 3.27. The Bertz CT molecular complexity index is 360. The minimum absolute atomic E-state index is 0.423. The molecule has 1 aromatic carbocycles. The van der Waals surface area contributed by atoms with Crippen molar-refractivity contribution in [2.75, 3.05) is 6.26 Å². The summed E-state index contributed by atoms with van der Waals surface area (Å²) in [6.45, 7) is 0. The maximum absolute atomic E-state index is 12.0. The highest BCUT2D eigenvalue weighted by molar-refractivity contribution is 7.98. The lowest BCUT2D eigenvalue weighted by atomic mass is 10.1. The molecule has 0 heterocycles. The number of carbonyl (C=O) groups is 1. The van der Waals surface area contributed by atoms with Crippen molar-refractivity contribution in [1.82, 2.24) is 0 Å². The molecule has 15 heavy (non-hydrogen) atoms. The number of halogens is 3. The van der Waals surface area contributed by atoms with E-state index in [9.17, 15) is 18.0 Å². The third-order valence-electron chi connectivity index (χ3n) is 1.86. The standard InChI is InChI=1S/C10H9F3OS/c1-15-8-5-3-2-4-7(8)6-9(14)10(11,12)13/h2-5H,6H2,1H3. The van der Waals surface area contributed by atoms with Gasteiger partial charge in [0.2, 0.25) is 5.78 Å². The number of benzene rings is 1. The molecule has 0 aromatic heterocycles. The van der Waals surface area contributed by atoms with Crippen LogP contribution in [-0.2, 0) is 11.2 Å². The van der Waals surface area contributed by atoms with Gasteiger partial charge in [0.1, 0.15) is 0 Å². The molecule has 0 fully saturated rings. The molecule has 0 aliphatic rings. The van der Waals surface area contributed by atoms with Crippen molar-refractivity contribution in [2.45, 2.75) is 17.5 Å². The smallest absolute Gasteiger partial charge is 0.289 e. The SMILES string of the molecule is CSc1ccccc1CC(=O)C(F)(F)F. The normalized spacial score (nSPS) is 11.5. The van der Waals surface area contributed by atoms with Gasteiger partial charge in [0.15, 0.2) is 0 Å². The summed E-state index contributed by atoms with van der Waals surface area (Å²) in [6.07, 6.45) is -3.57. The van der Waals surface area contributed by atoms with Crippen LogP contribution in [0.1, 0.15) is 5.56 Å². The topological polar surface area (TPSA) is 17.1 Å². The summed E-state index contributed by atoms with van der Waals surface area (Å²) in [5, 5.41) is 0. The van der Waals surface area contributed by atoms with Crippen LogP contribution in [0.4, 0.5) is 13.2 Å². The molecular weight excluding hydrogens is 225 g/mol. The fourth-order valence-corrected chi connectivity index (χ4v) is 1.74. The highest BCUT2D eigenvalue weighted by Gasteiger charge is 2.37. The zero-order valence-electron chi connectivity index (χ0n) is 7.97. The molecule has 1 nitrogen and oxygen atoms in total. The Morgan fingerprint density at radius 2 is 1.93 bits per heavy atom. The Morgan fingerprint density at radius 1 is 1.33 bits per heavy atom. The second kappa shape index (κ2) is 4.70. The van der Waals surface area contributed by atoms with E-state index in [0.29, 0.717) is 10.5 Å². The van der Waals surface area contributed by atoms with Crippen LogP contribution < -0.4 is 0 Å². The summed E-state index contributed by atoms with van der Waals surface area (Å²) in [4.78, 5) is 11.5. The molecule has 0 radical (unpaired) electrons. The quantitative estimate of drug-likeness (QED) is 0.747. The fourth-order valence-electron chi connectivity index (χ4n) is 1.12. The van der Waals surface area contributed by atoms with Gasteiger partial charge in [-0.25, -0.2) is 0 Å². The van der Waals surface area contributed by atoms with Crippen LogP contribution in [0, 0.1) is 0 Å².